The second-order valence-electron chi connectivity index (χ2n) is 6.32. The van der Waals surface area contributed by atoms with E-state index in [0.717, 1.165) is 19.4 Å². The lowest BCUT2D eigenvalue weighted by atomic mass is 9.96. The Morgan fingerprint density at radius 3 is 2.30 bits per heavy atom. The highest BCUT2D eigenvalue weighted by Gasteiger charge is 2.53. The van der Waals surface area contributed by atoms with Crippen molar-refractivity contribution in [2.24, 2.45) is 5.11 Å². The number of rotatable bonds is 8. The average Bonchev–Trinajstić information content (AvgIpc) is 2.70. The molecule has 11 nitrogen and oxygen atoms in total. The van der Waals surface area contributed by atoms with Crippen LogP contribution < -0.4 is 0 Å². The van der Waals surface area contributed by atoms with Crippen LogP contribution in [0.3, 0.4) is 0 Å². The predicted octanol–water partition coefficient (Wildman–Crippen LogP) is 2.03. The Kier molecular flexibility index (Phi) is 8.60. The van der Waals surface area contributed by atoms with E-state index in [1.54, 1.807) is 31.2 Å². The summed E-state index contributed by atoms with van der Waals surface area (Å²) in [5, 5.41) is 3.59. The van der Waals surface area contributed by atoms with Crippen molar-refractivity contribution in [3.05, 3.63) is 46.3 Å². The van der Waals surface area contributed by atoms with Gasteiger partial charge in [0.1, 0.15) is 12.6 Å². The molecule has 0 radical (unpaired) electrons. The minimum Gasteiger partial charge on any atom is -0.459 e. The third kappa shape index (κ3) is 6.18. The van der Waals surface area contributed by atoms with E-state index in [1.165, 1.54) is 0 Å². The number of carbonyl (C=O) groups is 3. The van der Waals surface area contributed by atoms with E-state index < -0.39 is 48.6 Å². The van der Waals surface area contributed by atoms with Gasteiger partial charge < -0.3 is 23.7 Å². The molecule has 0 aliphatic carbocycles. The molecule has 0 saturated carbocycles. The van der Waals surface area contributed by atoms with Crippen LogP contribution in [0.4, 0.5) is 0 Å². The van der Waals surface area contributed by atoms with Gasteiger partial charge in [0.25, 0.3) is 0 Å². The molecular formula is C19H23N3O8. The summed E-state index contributed by atoms with van der Waals surface area (Å²) in [7, 11) is 0. The summed E-state index contributed by atoms with van der Waals surface area (Å²) in [6.07, 6.45) is -5.32. The quantitative estimate of drug-likeness (QED) is 0.204. The molecule has 0 N–H and O–H groups in total. The van der Waals surface area contributed by atoms with Crippen molar-refractivity contribution in [1.29, 1.82) is 0 Å². The van der Waals surface area contributed by atoms with Crippen molar-refractivity contribution >= 4 is 17.9 Å². The van der Waals surface area contributed by atoms with Crippen LogP contribution in [0.15, 0.2) is 35.4 Å². The standard InChI is InChI=1S/C19H23N3O8/c1-4-26-19-16(29-12(3)24)14(21-22-20)15(28-11(2)23)17(30-19)18(25)27-10-13-8-6-5-7-9-13/h5-9,14-17,19H,4,10H2,1-3H3/t14-,15-,16+,17-,19+/m0/s1. The summed E-state index contributed by atoms with van der Waals surface area (Å²) < 4.78 is 26.8. The molecular weight excluding hydrogens is 398 g/mol. The molecule has 0 amide bonds. The van der Waals surface area contributed by atoms with Crippen molar-refractivity contribution in [2.45, 2.75) is 58.0 Å². The summed E-state index contributed by atoms with van der Waals surface area (Å²) in [6.45, 7) is 4.03. The molecule has 1 aliphatic rings. The number of ether oxygens (including phenoxy) is 5. The minimum absolute atomic E-state index is 0.0504. The third-order valence-electron chi connectivity index (χ3n) is 4.10. The van der Waals surface area contributed by atoms with E-state index >= 15 is 0 Å². The Morgan fingerprint density at radius 2 is 1.73 bits per heavy atom. The summed E-state index contributed by atoms with van der Waals surface area (Å²) in [5.41, 5.74) is 9.73. The summed E-state index contributed by atoms with van der Waals surface area (Å²) in [4.78, 5) is 38.7. The van der Waals surface area contributed by atoms with Crippen molar-refractivity contribution in [1.82, 2.24) is 0 Å². The van der Waals surface area contributed by atoms with Crippen LogP contribution in [-0.2, 0) is 44.7 Å². The number of esters is 3. The lowest BCUT2D eigenvalue weighted by Crippen LogP contribution is -2.62. The maximum Gasteiger partial charge on any atom is 0.339 e. The Hall–Kier alpha value is -3.14. The molecule has 1 aromatic carbocycles. The lowest BCUT2D eigenvalue weighted by Gasteiger charge is -2.42. The van der Waals surface area contributed by atoms with Gasteiger partial charge in [0.05, 0.1) is 0 Å². The van der Waals surface area contributed by atoms with Gasteiger partial charge in [-0.2, -0.15) is 0 Å². The monoisotopic (exact) mass is 421 g/mol. The van der Waals surface area contributed by atoms with Crippen LogP contribution in [0.1, 0.15) is 26.3 Å². The fourth-order valence-electron chi connectivity index (χ4n) is 2.96. The maximum absolute atomic E-state index is 12.8. The topological polar surface area (TPSA) is 146 Å². The summed E-state index contributed by atoms with van der Waals surface area (Å²) >= 11 is 0. The van der Waals surface area contributed by atoms with Gasteiger partial charge in [0.2, 0.25) is 0 Å². The largest absolute Gasteiger partial charge is 0.459 e. The van der Waals surface area contributed by atoms with Gasteiger partial charge in [0, 0.05) is 25.4 Å². The Morgan fingerprint density at radius 1 is 1.10 bits per heavy atom. The van der Waals surface area contributed by atoms with Crippen LogP contribution in [-0.4, -0.2) is 55.2 Å². The van der Waals surface area contributed by atoms with Crippen molar-refractivity contribution in [3.63, 3.8) is 0 Å². The Labute approximate surface area is 172 Å². The smallest absolute Gasteiger partial charge is 0.339 e. The molecule has 162 valence electrons. The van der Waals surface area contributed by atoms with E-state index in [9.17, 15) is 14.4 Å². The molecule has 11 heteroatoms. The van der Waals surface area contributed by atoms with E-state index in [4.69, 9.17) is 29.2 Å². The number of nitrogens with zero attached hydrogens (tertiary/aromatic N) is 3. The molecule has 1 heterocycles. The molecule has 30 heavy (non-hydrogen) atoms. The zero-order valence-electron chi connectivity index (χ0n) is 16.8. The van der Waals surface area contributed by atoms with E-state index in [-0.39, 0.29) is 13.2 Å². The first kappa shape index (κ1) is 23.1. The molecule has 0 aromatic heterocycles. The van der Waals surface area contributed by atoms with Crippen LogP contribution >= 0.6 is 0 Å². The SMILES string of the molecule is CCO[C@@H]1O[C@H](C(=O)OCc2ccccc2)[C@@H](OC(C)=O)[C@H](N=[N+]=[N-])[C@H]1OC(C)=O. The zero-order chi connectivity index (χ0) is 22.1. The first-order valence-electron chi connectivity index (χ1n) is 9.23. The van der Waals surface area contributed by atoms with E-state index in [1.807, 2.05) is 6.07 Å². The van der Waals surface area contributed by atoms with Gasteiger partial charge >= 0.3 is 17.9 Å². The molecule has 5 atom stereocenters. The first-order chi connectivity index (χ1) is 14.4. The highest BCUT2D eigenvalue weighted by Crippen LogP contribution is 2.30. The molecule has 1 aliphatic heterocycles. The summed E-state index contributed by atoms with van der Waals surface area (Å²) in [5.74, 6) is -2.30. The number of benzene rings is 1. The fourth-order valence-corrected chi connectivity index (χ4v) is 2.96. The van der Waals surface area contributed by atoms with E-state index in [2.05, 4.69) is 10.0 Å². The van der Waals surface area contributed by atoms with Gasteiger partial charge in [-0.15, -0.1) is 0 Å². The Bertz CT molecular complexity index is 796. The number of hydrogen-bond donors (Lipinski definition) is 0. The molecule has 1 fully saturated rings. The number of carbonyl (C=O) groups excluding carboxylic acids is 3. The lowest BCUT2D eigenvalue weighted by molar-refractivity contribution is -0.276. The van der Waals surface area contributed by atoms with Crippen molar-refractivity contribution in [3.8, 4) is 0 Å². The van der Waals surface area contributed by atoms with Gasteiger partial charge in [0.15, 0.2) is 24.6 Å². The first-order valence-corrected chi connectivity index (χ1v) is 9.23. The highest BCUT2D eigenvalue weighted by atomic mass is 16.7. The minimum atomic E-state index is -1.46. The van der Waals surface area contributed by atoms with Gasteiger partial charge in [-0.3, -0.25) is 9.59 Å². The second kappa shape index (κ2) is 11.1. The predicted molar refractivity (Wildman–Crippen MR) is 101 cm³/mol. The highest BCUT2D eigenvalue weighted by molar-refractivity contribution is 5.77. The second-order valence-corrected chi connectivity index (χ2v) is 6.32. The fraction of sp³-hybridized carbons (Fsp3) is 0.526. The maximum atomic E-state index is 12.8. The van der Waals surface area contributed by atoms with Gasteiger partial charge in [-0.1, -0.05) is 35.4 Å². The van der Waals surface area contributed by atoms with Crippen LogP contribution in [0, 0.1) is 0 Å². The van der Waals surface area contributed by atoms with Gasteiger partial charge in [-0.05, 0) is 18.0 Å². The van der Waals surface area contributed by atoms with E-state index in [0.29, 0.717) is 0 Å². The molecule has 2 rings (SSSR count). The molecule has 0 unspecified atom stereocenters. The van der Waals surface area contributed by atoms with Gasteiger partial charge in [-0.25, -0.2) is 4.79 Å². The molecule has 1 saturated heterocycles. The summed E-state index contributed by atoms with van der Waals surface area (Å²) in [6, 6.07) is 7.64. The molecule has 1 aromatic rings. The van der Waals surface area contributed by atoms with Crippen molar-refractivity contribution < 1.29 is 38.1 Å². The molecule has 0 bridgehead atoms. The zero-order valence-corrected chi connectivity index (χ0v) is 16.8. The number of hydrogen-bond acceptors (Lipinski definition) is 9. The van der Waals surface area contributed by atoms with Crippen LogP contribution in [0.5, 0.6) is 0 Å². The third-order valence-corrected chi connectivity index (χ3v) is 4.10. The normalized spacial score (nSPS) is 25.5. The van der Waals surface area contributed by atoms with Crippen LogP contribution in [0.25, 0.3) is 10.4 Å². The molecule has 0 spiro atoms. The Balaban J connectivity index is 2.32. The number of azide groups is 1. The van der Waals surface area contributed by atoms with Crippen molar-refractivity contribution in [2.75, 3.05) is 6.61 Å². The van der Waals surface area contributed by atoms with Crippen LogP contribution in [0.2, 0.25) is 0 Å². The average molecular weight is 421 g/mol.